The van der Waals surface area contributed by atoms with Gasteiger partial charge >= 0.3 is 0 Å². The molecule has 5 heteroatoms. The average molecular weight is 280 g/mol. The molecule has 0 atom stereocenters. The Hall–Kier alpha value is -2.53. The smallest absolute Gasteiger partial charge is 0.117 e. The predicted molar refractivity (Wildman–Crippen MR) is 79.9 cm³/mol. The van der Waals surface area contributed by atoms with Crippen molar-refractivity contribution in [3.05, 3.63) is 60.0 Å². The maximum atomic E-state index is 9.49. The van der Waals surface area contributed by atoms with Gasteiger partial charge in [-0.2, -0.15) is 0 Å². The number of rotatable bonds is 4. The number of hydrogen-bond acceptors (Lipinski definition) is 4. The molecule has 2 heterocycles. The molecule has 3 aromatic rings. The second-order valence-electron chi connectivity index (χ2n) is 4.71. The summed E-state index contributed by atoms with van der Waals surface area (Å²) in [5.41, 5.74) is 4.47. The van der Waals surface area contributed by atoms with E-state index in [9.17, 15) is 5.11 Å². The number of aryl methyl sites for hydroxylation is 1. The molecule has 0 saturated carbocycles. The molecule has 2 aromatic heterocycles. The zero-order valence-electron chi connectivity index (χ0n) is 11.8. The van der Waals surface area contributed by atoms with Gasteiger partial charge in [-0.1, -0.05) is 24.3 Å². The van der Waals surface area contributed by atoms with Gasteiger partial charge in [-0.05, 0) is 36.2 Å². The summed E-state index contributed by atoms with van der Waals surface area (Å²) < 4.78 is 1.75. The van der Waals surface area contributed by atoms with Gasteiger partial charge in [0.1, 0.15) is 11.4 Å². The Bertz CT molecular complexity index is 720. The predicted octanol–water partition coefficient (Wildman–Crippen LogP) is 2.38. The van der Waals surface area contributed by atoms with E-state index in [1.807, 2.05) is 24.3 Å². The molecule has 0 unspecified atom stereocenters. The number of benzene rings is 1. The van der Waals surface area contributed by atoms with E-state index in [0.29, 0.717) is 5.69 Å². The summed E-state index contributed by atoms with van der Waals surface area (Å²) in [7, 11) is 0. The lowest BCUT2D eigenvalue weighted by atomic mass is 10.1. The van der Waals surface area contributed by atoms with Gasteiger partial charge in [-0.3, -0.25) is 4.98 Å². The van der Waals surface area contributed by atoms with Gasteiger partial charge in [-0.15, -0.1) is 5.10 Å². The number of aliphatic hydroxyl groups excluding tert-OH is 1. The van der Waals surface area contributed by atoms with Crippen LogP contribution in [0.4, 0.5) is 0 Å². The topological polar surface area (TPSA) is 63.8 Å². The van der Waals surface area contributed by atoms with Crippen molar-refractivity contribution in [1.29, 1.82) is 0 Å². The van der Waals surface area contributed by atoms with Crippen LogP contribution in [0.1, 0.15) is 18.2 Å². The van der Waals surface area contributed by atoms with Crippen LogP contribution in [-0.2, 0) is 13.0 Å². The standard InChI is InChI=1S/C16H16N4O/c1-2-12-3-5-14(6-4-12)20-16(15(11-21)18-19-20)13-7-9-17-10-8-13/h3-10,21H,2,11H2,1H3. The lowest BCUT2D eigenvalue weighted by molar-refractivity contribution is 0.277. The molecule has 0 saturated heterocycles. The molecule has 0 radical (unpaired) electrons. The molecule has 0 aliphatic heterocycles. The number of hydrogen-bond donors (Lipinski definition) is 1. The van der Waals surface area contributed by atoms with Crippen LogP contribution < -0.4 is 0 Å². The van der Waals surface area contributed by atoms with Crippen molar-refractivity contribution in [2.75, 3.05) is 0 Å². The fourth-order valence-corrected chi connectivity index (χ4v) is 2.27. The maximum absolute atomic E-state index is 9.49. The molecule has 1 N–H and O–H groups in total. The lowest BCUT2D eigenvalue weighted by Crippen LogP contribution is -2.00. The van der Waals surface area contributed by atoms with E-state index in [-0.39, 0.29) is 6.61 Å². The first-order chi connectivity index (χ1) is 10.3. The molecule has 0 spiro atoms. The minimum atomic E-state index is -0.148. The highest BCUT2D eigenvalue weighted by Gasteiger charge is 2.15. The van der Waals surface area contributed by atoms with Crippen molar-refractivity contribution in [3.63, 3.8) is 0 Å². The van der Waals surface area contributed by atoms with Gasteiger partial charge in [0.15, 0.2) is 0 Å². The van der Waals surface area contributed by atoms with Crippen LogP contribution in [0.25, 0.3) is 16.9 Å². The highest BCUT2D eigenvalue weighted by atomic mass is 16.3. The minimum Gasteiger partial charge on any atom is -0.390 e. The second kappa shape index (κ2) is 5.85. The van der Waals surface area contributed by atoms with Crippen molar-refractivity contribution >= 4 is 0 Å². The molecular weight excluding hydrogens is 264 g/mol. The van der Waals surface area contributed by atoms with Crippen molar-refractivity contribution in [3.8, 4) is 16.9 Å². The van der Waals surface area contributed by atoms with E-state index in [1.54, 1.807) is 17.1 Å². The zero-order valence-corrected chi connectivity index (χ0v) is 11.8. The third-order valence-electron chi connectivity index (χ3n) is 3.43. The summed E-state index contributed by atoms with van der Waals surface area (Å²) in [6.07, 6.45) is 4.43. The summed E-state index contributed by atoms with van der Waals surface area (Å²) in [6, 6.07) is 11.9. The van der Waals surface area contributed by atoms with Gasteiger partial charge in [0.2, 0.25) is 0 Å². The van der Waals surface area contributed by atoms with Gasteiger partial charge in [0.05, 0.1) is 12.3 Å². The van der Waals surface area contributed by atoms with Crippen molar-refractivity contribution in [2.45, 2.75) is 20.0 Å². The van der Waals surface area contributed by atoms with Gasteiger partial charge < -0.3 is 5.11 Å². The van der Waals surface area contributed by atoms with Gasteiger partial charge in [-0.25, -0.2) is 4.68 Å². The van der Waals surface area contributed by atoms with Crippen molar-refractivity contribution in [1.82, 2.24) is 20.0 Å². The Kier molecular flexibility index (Phi) is 3.75. The Morgan fingerprint density at radius 3 is 2.38 bits per heavy atom. The zero-order chi connectivity index (χ0) is 14.7. The van der Waals surface area contributed by atoms with Crippen LogP contribution in [0.2, 0.25) is 0 Å². The van der Waals surface area contributed by atoms with Crippen molar-refractivity contribution < 1.29 is 5.11 Å². The second-order valence-corrected chi connectivity index (χ2v) is 4.71. The van der Waals surface area contributed by atoms with Crippen LogP contribution in [0.15, 0.2) is 48.8 Å². The molecule has 0 bridgehead atoms. The number of aromatic nitrogens is 4. The Morgan fingerprint density at radius 2 is 1.76 bits per heavy atom. The SMILES string of the molecule is CCc1ccc(-n2nnc(CO)c2-c2ccncc2)cc1. The minimum absolute atomic E-state index is 0.148. The Morgan fingerprint density at radius 1 is 1.05 bits per heavy atom. The monoisotopic (exact) mass is 280 g/mol. The molecule has 21 heavy (non-hydrogen) atoms. The molecule has 0 aliphatic carbocycles. The normalized spacial score (nSPS) is 10.8. The summed E-state index contributed by atoms with van der Waals surface area (Å²) in [5.74, 6) is 0. The maximum Gasteiger partial charge on any atom is 0.117 e. The number of aliphatic hydroxyl groups is 1. The average Bonchev–Trinajstić information content (AvgIpc) is 2.99. The summed E-state index contributed by atoms with van der Waals surface area (Å²) in [6.45, 7) is 1.97. The van der Waals surface area contributed by atoms with E-state index in [1.165, 1.54) is 5.56 Å². The van der Waals surface area contributed by atoms with Gasteiger partial charge in [0, 0.05) is 18.0 Å². The first-order valence-electron chi connectivity index (χ1n) is 6.88. The number of pyridine rings is 1. The van der Waals surface area contributed by atoms with E-state index >= 15 is 0 Å². The molecule has 1 aromatic carbocycles. The fraction of sp³-hybridized carbons (Fsp3) is 0.188. The molecule has 3 rings (SSSR count). The van der Waals surface area contributed by atoms with Crippen LogP contribution in [-0.4, -0.2) is 25.1 Å². The van der Waals surface area contributed by atoms with Gasteiger partial charge in [0.25, 0.3) is 0 Å². The molecule has 106 valence electrons. The summed E-state index contributed by atoms with van der Waals surface area (Å²) in [4.78, 5) is 4.02. The van der Waals surface area contributed by atoms with Crippen LogP contribution >= 0.6 is 0 Å². The fourth-order valence-electron chi connectivity index (χ4n) is 2.27. The highest BCUT2D eigenvalue weighted by Crippen LogP contribution is 2.24. The summed E-state index contributed by atoms with van der Waals surface area (Å²) in [5, 5.41) is 17.7. The van der Waals surface area contributed by atoms with E-state index in [2.05, 4.69) is 34.4 Å². The Balaban J connectivity index is 2.12. The number of nitrogens with zero attached hydrogens (tertiary/aromatic N) is 4. The molecule has 0 amide bonds. The third kappa shape index (κ3) is 2.55. The lowest BCUT2D eigenvalue weighted by Gasteiger charge is -2.08. The highest BCUT2D eigenvalue weighted by molar-refractivity contribution is 5.63. The van der Waals surface area contributed by atoms with Crippen LogP contribution in [0.3, 0.4) is 0 Å². The summed E-state index contributed by atoms with van der Waals surface area (Å²) >= 11 is 0. The van der Waals surface area contributed by atoms with E-state index in [4.69, 9.17) is 0 Å². The van der Waals surface area contributed by atoms with Crippen molar-refractivity contribution in [2.24, 2.45) is 0 Å². The third-order valence-corrected chi connectivity index (χ3v) is 3.43. The molecule has 0 aliphatic rings. The first kappa shape index (κ1) is 13.5. The molecular formula is C16H16N4O. The Labute approximate surface area is 122 Å². The van der Waals surface area contributed by atoms with Crippen LogP contribution in [0.5, 0.6) is 0 Å². The molecule has 0 fully saturated rings. The first-order valence-corrected chi connectivity index (χ1v) is 6.88. The quantitative estimate of drug-likeness (QED) is 0.797. The van der Waals surface area contributed by atoms with Crippen LogP contribution in [0, 0.1) is 0 Å². The van der Waals surface area contributed by atoms with E-state index < -0.39 is 0 Å². The molecule has 5 nitrogen and oxygen atoms in total. The van der Waals surface area contributed by atoms with E-state index in [0.717, 1.165) is 23.4 Å². The largest absolute Gasteiger partial charge is 0.390 e.